The topological polar surface area (TPSA) is 70.7 Å². The summed E-state index contributed by atoms with van der Waals surface area (Å²) in [6, 6.07) is 12.6. The van der Waals surface area contributed by atoms with Gasteiger partial charge in [-0.25, -0.2) is 4.79 Å². The summed E-state index contributed by atoms with van der Waals surface area (Å²) in [7, 11) is 0. The summed E-state index contributed by atoms with van der Waals surface area (Å²) < 4.78 is 5.82. The van der Waals surface area contributed by atoms with Crippen molar-refractivity contribution < 1.29 is 14.3 Å². The molecule has 3 amide bonds. The molecular weight excluding hydrogens is 437 g/mol. The first-order valence-electron chi connectivity index (χ1n) is 10.1. The molecule has 3 rings (SSSR count). The van der Waals surface area contributed by atoms with E-state index in [1.165, 1.54) is 0 Å². The number of urea groups is 1. The van der Waals surface area contributed by atoms with Crippen molar-refractivity contribution in [3.63, 3.8) is 0 Å². The first-order chi connectivity index (χ1) is 14.6. The van der Waals surface area contributed by atoms with E-state index < -0.39 is 5.41 Å². The van der Waals surface area contributed by atoms with E-state index in [0.717, 1.165) is 11.1 Å². The molecule has 0 spiro atoms. The number of nitrogens with one attached hydrogen (secondary N) is 2. The van der Waals surface area contributed by atoms with E-state index >= 15 is 0 Å². The van der Waals surface area contributed by atoms with Crippen molar-refractivity contribution in [2.45, 2.75) is 33.4 Å². The third-order valence-electron chi connectivity index (χ3n) is 5.01. The van der Waals surface area contributed by atoms with Crippen molar-refractivity contribution in [3.05, 3.63) is 63.6 Å². The molecule has 1 atom stereocenters. The van der Waals surface area contributed by atoms with E-state index in [1.54, 1.807) is 17.0 Å². The van der Waals surface area contributed by atoms with E-state index in [2.05, 4.69) is 10.6 Å². The van der Waals surface area contributed by atoms with E-state index in [-0.39, 0.29) is 18.0 Å². The van der Waals surface area contributed by atoms with Gasteiger partial charge in [-0.1, -0.05) is 62.2 Å². The smallest absolute Gasteiger partial charge is 0.322 e. The lowest BCUT2D eigenvalue weighted by Crippen LogP contribution is -2.44. The highest BCUT2D eigenvalue weighted by atomic mass is 35.5. The quantitative estimate of drug-likeness (QED) is 0.649. The van der Waals surface area contributed by atoms with E-state index in [9.17, 15) is 9.59 Å². The van der Waals surface area contributed by atoms with Gasteiger partial charge in [0.05, 0.1) is 23.2 Å². The van der Waals surface area contributed by atoms with Gasteiger partial charge in [0.1, 0.15) is 6.10 Å². The Morgan fingerprint density at radius 1 is 1.10 bits per heavy atom. The molecule has 1 heterocycles. The highest BCUT2D eigenvalue weighted by Gasteiger charge is 2.26. The van der Waals surface area contributed by atoms with Crippen molar-refractivity contribution in [2.24, 2.45) is 5.41 Å². The molecule has 1 fully saturated rings. The Bertz CT molecular complexity index is 942. The summed E-state index contributed by atoms with van der Waals surface area (Å²) in [5, 5.41) is 6.77. The number of carbonyl (C=O) groups excluding carboxylic acids is 2. The van der Waals surface area contributed by atoms with Crippen LogP contribution >= 0.6 is 23.2 Å². The summed E-state index contributed by atoms with van der Waals surface area (Å²) in [4.78, 5) is 26.4. The predicted molar refractivity (Wildman–Crippen MR) is 123 cm³/mol. The molecule has 2 aromatic rings. The SMILES string of the molecule is CC(C)(C)C(=O)NCc1ccc(NC(=O)N2CCOC(c3ccc(Cl)c(Cl)c3)C2)cc1. The average Bonchev–Trinajstić information content (AvgIpc) is 2.74. The Morgan fingerprint density at radius 3 is 2.45 bits per heavy atom. The first kappa shape index (κ1) is 23.4. The van der Waals surface area contributed by atoms with Crippen LogP contribution in [0, 0.1) is 5.41 Å². The monoisotopic (exact) mass is 463 g/mol. The van der Waals surface area contributed by atoms with E-state index in [1.807, 2.05) is 51.1 Å². The molecular formula is C23H27Cl2N3O3. The molecule has 6 nitrogen and oxygen atoms in total. The van der Waals surface area contributed by atoms with Gasteiger partial charge >= 0.3 is 6.03 Å². The molecule has 8 heteroatoms. The Balaban J connectivity index is 1.55. The number of benzene rings is 2. The van der Waals surface area contributed by atoms with Gasteiger partial charge < -0.3 is 20.3 Å². The number of amides is 3. The zero-order valence-electron chi connectivity index (χ0n) is 17.9. The highest BCUT2D eigenvalue weighted by molar-refractivity contribution is 6.42. The van der Waals surface area contributed by atoms with Crippen LogP contribution < -0.4 is 10.6 Å². The zero-order chi connectivity index (χ0) is 22.6. The molecule has 0 saturated carbocycles. The van der Waals surface area contributed by atoms with Crippen molar-refractivity contribution in [1.29, 1.82) is 0 Å². The zero-order valence-corrected chi connectivity index (χ0v) is 19.4. The van der Waals surface area contributed by atoms with Crippen LogP contribution in [0.15, 0.2) is 42.5 Å². The van der Waals surface area contributed by atoms with Gasteiger partial charge in [0, 0.05) is 24.2 Å². The van der Waals surface area contributed by atoms with Gasteiger partial charge in [-0.05, 0) is 35.4 Å². The fraction of sp³-hybridized carbons (Fsp3) is 0.391. The molecule has 0 radical (unpaired) electrons. The van der Waals surface area contributed by atoms with E-state index in [0.29, 0.717) is 42.0 Å². The van der Waals surface area contributed by atoms with Crippen molar-refractivity contribution >= 4 is 40.8 Å². The minimum Gasteiger partial charge on any atom is -0.370 e. The Labute approximate surface area is 192 Å². The summed E-state index contributed by atoms with van der Waals surface area (Å²) in [6.07, 6.45) is -0.261. The third kappa shape index (κ3) is 6.35. The second-order valence-corrected chi connectivity index (χ2v) is 9.35. The van der Waals surface area contributed by atoms with Gasteiger partial charge in [-0.2, -0.15) is 0 Å². The lowest BCUT2D eigenvalue weighted by molar-refractivity contribution is -0.128. The van der Waals surface area contributed by atoms with Crippen LogP contribution in [0.25, 0.3) is 0 Å². The first-order valence-corrected chi connectivity index (χ1v) is 10.9. The van der Waals surface area contributed by atoms with Crippen molar-refractivity contribution in [1.82, 2.24) is 10.2 Å². The molecule has 0 bridgehead atoms. The summed E-state index contributed by atoms with van der Waals surface area (Å²) >= 11 is 12.1. The number of ether oxygens (including phenoxy) is 1. The molecule has 1 aliphatic heterocycles. The number of rotatable bonds is 4. The second-order valence-electron chi connectivity index (χ2n) is 8.54. The number of anilines is 1. The minimum atomic E-state index is -0.429. The highest BCUT2D eigenvalue weighted by Crippen LogP contribution is 2.29. The van der Waals surface area contributed by atoms with Crippen LogP contribution in [0.4, 0.5) is 10.5 Å². The second kappa shape index (κ2) is 9.90. The normalized spacial score (nSPS) is 16.7. The Kier molecular flexibility index (Phi) is 7.46. The number of hydrogen-bond acceptors (Lipinski definition) is 3. The van der Waals surface area contributed by atoms with Crippen molar-refractivity contribution in [3.8, 4) is 0 Å². The molecule has 0 aliphatic carbocycles. The number of nitrogens with zero attached hydrogens (tertiary/aromatic N) is 1. The molecule has 1 saturated heterocycles. The molecule has 166 valence electrons. The van der Waals surface area contributed by atoms with Gasteiger partial charge in [-0.3, -0.25) is 4.79 Å². The van der Waals surface area contributed by atoms with Crippen molar-refractivity contribution in [2.75, 3.05) is 25.0 Å². The average molecular weight is 464 g/mol. The number of halogens is 2. The summed E-state index contributed by atoms with van der Waals surface area (Å²) in [5.74, 6) is -0.00581. The molecule has 1 unspecified atom stereocenters. The molecule has 0 aromatic heterocycles. The van der Waals surface area contributed by atoms with Crippen LogP contribution in [-0.2, 0) is 16.1 Å². The van der Waals surface area contributed by atoms with Gasteiger partial charge in [0.25, 0.3) is 0 Å². The van der Waals surface area contributed by atoms with Gasteiger partial charge in [0.2, 0.25) is 5.91 Å². The number of hydrogen-bond donors (Lipinski definition) is 2. The maximum absolute atomic E-state index is 12.7. The fourth-order valence-corrected chi connectivity index (χ4v) is 3.41. The Hall–Kier alpha value is -2.28. The fourth-order valence-electron chi connectivity index (χ4n) is 3.10. The van der Waals surface area contributed by atoms with E-state index in [4.69, 9.17) is 27.9 Å². The number of carbonyl (C=O) groups is 2. The largest absolute Gasteiger partial charge is 0.370 e. The molecule has 1 aliphatic rings. The summed E-state index contributed by atoms with van der Waals surface area (Å²) in [5.41, 5.74) is 2.10. The maximum atomic E-state index is 12.7. The predicted octanol–water partition coefficient (Wildman–Crippen LogP) is 5.26. The third-order valence-corrected chi connectivity index (χ3v) is 5.75. The van der Waals surface area contributed by atoms with Gasteiger partial charge in [-0.15, -0.1) is 0 Å². The summed E-state index contributed by atoms with van der Waals surface area (Å²) in [6.45, 7) is 7.42. The lowest BCUT2D eigenvalue weighted by atomic mass is 9.95. The van der Waals surface area contributed by atoms with Gasteiger partial charge in [0.15, 0.2) is 0 Å². The van der Waals surface area contributed by atoms with Crippen LogP contribution in [-0.4, -0.2) is 36.5 Å². The molecule has 2 aromatic carbocycles. The molecule has 2 N–H and O–H groups in total. The molecule has 31 heavy (non-hydrogen) atoms. The van der Waals surface area contributed by atoms with Crippen LogP contribution in [0.1, 0.15) is 38.0 Å². The maximum Gasteiger partial charge on any atom is 0.322 e. The van der Waals surface area contributed by atoms with Crippen LogP contribution in [0.5, 0.6) is 0 Å². The van der Waals surface area contributed by atoms with Crippen LogP contribution in [0.2, 0.25) is 10.0 Å². The number of morpholine rings is 1. The Morgan fingerprint density at radius 2 is 1.81 bits per heavy atom. The lowest BCUT2D eigenvalue weighted by Gasteiger charge is -2.33. The van der Waals surface area contributed by atoms with Crippen LogP contribution in [0.3, 0.4) is 0 Å². The minimum absolute atomic E-state index is 0.00581. The standard InChI is InChI=1S/C23H27Cl2N3O3/c1-23(2,3)21(29)26-13-15-4-7-17(8-5-15)27-22(30)28-10-11-31-20(14-28)16-6-9-18(24)19(25)12-16/h4-9,12,20H,10-11,13-14H2,1-3H3,(H,26,29)(H,27,30).